The zero-order chi connectivity index (χ0) is 19.4. The van der Waals surface area contributed by atoms with Crippen molar-refractivity contribution in [2.24, 2.45) is 10.9 Å². The first kappa shape index (κ1) is 20.0. The Kier molecular flexibility index (Phi) is 6.64. The lowest BCUT2D eigenvalue weighted by molar-refractivity contribution is -0.146. The second kappa shape index (κ2) is 8.96. The third-order valence-electron chi connectivity index (χ3n) is 5.29. The van der Waals surface area contributed by atoms with Gasteiger partial charge >= 0.3 is 5.97 Å². The van der Waals surface area contributed by atoms with Crippen LogP contribution in [0.2, 0.25) is 0 Å². The van der Waals surface area contributed by atoms with Crippen LogP contribution in [0.4, 0.5) is 0 Å². The number of nitrogens with zero attached hydrogens (tertiary/aromatic N) is 1. The Labute approximate surface area is 169 Å². The average molecular weight is 432 g/mol. The molecule has 1 aromatic rings. The number of ether oxygens (including phenoxy) is 1. The lowest BCUT2D eigenvalue weighted by atomic mass is 9.72. The predicted molar refractivity (Wildman–Crippen MR) is 110 cm³/mol. The van der Waals surface area contributed by atoms with E-state index in [9.17, 15) is 9.59 Å². The Bertz CT molecular complexity index is 797. The van der Waals surface area contributed by atoms with Crippen molar-refractivity contribution in [2.45, 2.75) is 58.3 Å². The first-order valence-corrected chi connectivity index (χ1v) is 10.6. The van der Waals surface area contributed by atoms with E-state index >= 15 is 0 Å². The molecule has 0 saturated heterocycles. The highest BCUT2D eigenvalue weighted by Crippen LogP contribution is 2.44. The highest BCUT2D eigenvalue weighted by atomic mass is 79.9. The van der Waals surface area contributed by atoms with Crippen LogP contribution in [0.15, 0.2) is 45.0 Å². The van der Waals surface area contributed by atoms with Crippen LogP contribution in [0, 0.1) is 5.92 Å². The number of carbonyl (C=O) groups is 2. The molecular weight excluding hydrogens is 406 g/mol. The van der Waals surface area contributed by atoms with Crippen molar-refractivity contribution < 1.29 is 14.3 Å². The van der Waals surface area contributed by atoms with Gasteiger partial charge in [0.05, 0.1) is 6.61 Å². The van der Waals surface area contributed by atoms with Gasteiger partial charge in [-0.3, -0.25) is 14.6 Å². The summed E-state index contributed by atoms with van der Waals surface area (Å²) in [7, 11) is 0. The number of carbonyl (C=O) groups excluding carboxylic acids is 2. The lowest BCUT2D eigenvalue weighted by Gasteiger charge is -2.34. The van der Waals surface area contributed by atoms with E-state index in [2.05, 4.69) is 27.8 Å². The first-order valence-electron chi connectivity index (χ1n) is 9.76. The fourth-order valence-electron chi connectivity index (χ4n) is 3.99. The van der Waals surface area contributed by atoms with Crippen LogP contribution in [0.25, 0.3) is 0 Å². The van der Waals surface area contributed by atoms with Crippen LogP contribution in [-0.4, -0.2) is 24.1 Å². The summed E-state index contributed by atoms with van der Waals surface area (Å²) in [5.74, 6) is -1.02. The Morgan fingerprint density at radius 3 is 2.85 bits per heavy atom. The van der Waals surface area contributed by atoms with Crippen LogP contribution in [-0.2, 0) is 14.3 Å². The van der Waals surface area contributed by atoms with Crippen molar-refractivity contribution in [3.05, 3.63) is 45.6 Å². The van der Waals surface area contributed by atoms with E-state index in [4.69, 9.17) is 4.74 Å². The van der Waals surface area contributed by atoms with E-state index in [1.54, 1.807) is 0 Å². The summed E-state index contributed by atoms with van der Waals surface area (Å²) >= 11 is 3.52. The summed E-state index contributed by atoms with van der Waals surface area (Å²) < 4.78 is 6.52. The quantitative estimate of drug-likeness (QED) is 0.449. The SMILES string of the molecule is CCCCCOC(=O)C1C(C)=NC2=C(C(=O)CCC2)[C@@H]1c1cccc(Br)c1. The fraction of sp³-hybridized carbons (Fsp3) is 0.500. The molecule has 4 nitrogen and oxygen atoms in total. The molecule has 3 rings (SSSR count). The second-order valence-corrected chi connectivity index (χ2v) is 8.19. The average Bonchev–Trinajstić information content (AvgIpc) is 2.64. The number of halogens is 1. The molecule has 2 aliphatic rings. The van der Waals surface area contributed by atoms with Gasteiger partial charge in [-0.15, -0.1) is 0 Å². The van der Waals surface area contributed by atoms with Crippen molar-refractivity contribution in [3.8, 4) is 0 Å². The van der Waals surface area contributed by atoms with Crippen LogP contribution in [0.1, 0.15) is 63.9 Å². The highest BCUT2D eigenvalue weighted by Gasteiger charge is 2.43. The van der Waals surface area contributed by atoms with Crippen LogP contribution >= 0.6 is 15.9 Å². The van der Waals surface area contributed by atoms with Crippen molar-refractivity contribution in [1.29, 1.82) is 0 Å². The Hall–Kier alpha value is -1.75. The molecule has 27 heavy (non-hydrogen) atoms. The number of aliphatic imine (C=N–C) groups is 1. The molecule has 0 amide bonds. The fourth-order valence-corrected chi connectivity index (χ4v) is 4.40. The van der Waals surface area contributed by atoms with Crippen LogP contribution < -0.4 is 0 Å². The molecule has 0 fully saturated rings. The number of esters is 1. The number of ketones is 1. The van der Waals surface area contributed by atoms with Gasteiger partial charge in [-0.25, -0.2) is 0 Å². The summed E-state index contributed by atoms with van der Waals surface area (Å²) in [6.45, 7) is 4.42. The van der Waals surface area contributed by atoms with E-state index in [0.29, 0.717) is 18.6 Å². The lowest BCUT2D eigenvalue weighted by Crippen LogP contribution is -2.37. The van der Waals surface area contributed by atoms with Gasteiger partial charge in [0.15, 0.2) is 5.78 Å². The number of hydrogen-bond donors (Lipinski definition) is 0. The Balaban J connectivity index is 1.98. The zero-order valence-corrected chi connectivity index (χ0v) is 17.5. The molecule has 144 valence electrons. The van der Waals surface area contributed by atoms with Gasteiger partial charge in [-0.05, 0) is 43.9 Å². The molecule has 0 N–H and O–H groups in total. The number of Topliss-reactive ketones (excluding diaryl/α,β-unsaturated/α-hetero) is 1. The smallest absolute Gasteiger partial charge is 0.315 e. The molecule has 0 aromatic heterocycles. The van der Waals surface area contributed by atoms with E-state index in [-0.39, 0.29) is 17.7 Å². The van der Waals surface area contributed by atoms with Gasteiger partial charge in [-0.1, -0.05) is 47.8 Å². The van der Waals surface area contributed by atoms with Gasteiger partial charge in [0.25, 0.3) is 0 Å². The molecule has 0 saturated carbocycles. The summed E-state index contributed by atoms with van der Waals surface area (Å²) in [6, 6.07) is 7.87. The Morgan fingerprint density at radius 1 is 1.30 bits per heavy atom. The maximum atomic E-state index is 13.0. The maximum absolute atomic E-state index is 13.0. The second-order valence-electron chi connectivity index (χ2n) is 7.28. The van der Waals surface area contributed by atoms with Crippen molar-refractivity contribution in [1.82, 2.24) is 0 Å². The molecule has 5 heteroatoms. The van der Waals surface area contributed by atoms with E-state index in [1.807, 2.05) is 31.2 Å². The monoisotopic (exact) mass is 431 g/mol. The normalized spacial score (nSPS) is 22.3. The molecule has 1 aromatic carbocycles. The minimum absolute atomic E-state index is 0.112. The third-order valence-corrected chi connectivity index (χ3v) is 5.78. The number of hydrogen-bond acceptors (Lipinski definition) is 4. The van der Waals surface area contributed by atoms with Gasteiger partial charge in [-0.2, -0.15) is 0 Å². The maximum Gasteiger partial charge on any atom is 0.315 e. The summed E-state index contributed by atoms with van der Waals surface area (Å²) in [4.78, 5) is 30.4. The number of unbranched alkanes of at least 4 members (excludes halogenated alkanes) is 2. The molecule has 0 bridgehead atoms. The predicted octanol–water partition coefficient (Wildman–Crippen LogP) is 5.36. The summed E-state index contributed by atoms with van der Waals surface area (Å²) in [5, 5.41) is 0. The van der Waals surface area contributed by atoms with Gasteiger partial charge in [0.1, 0.15) is 5.92 Å². The summed E-state index contributed by atoms with van der Waals surface area (Å²) in [5.41, 5.74) is 3.26. The topological polar surface area (TPSA) is 55.7 Å². The van der Waals surface area contributed by atoms with Crippen molar-refractivity contribution in [3.63, 3.8) is 0 Å². The molecule has 0 radical (unpaired) electrons. The molecule has 1 aliphatic heterocycles. The molecule has 0 spiro atoms. The molecule has 1 unspecified atom stereocenters. The number of allylic oxidation sites excluding steroid dienone is 2. The number of rotatable bonds is 6. The standard InChI is InChI=1S/C22H26BrNO3/c1-3-4-5-12-27-22(26)19-14(2)24-17-10-7-11-18(25)21(17)20(19)15-8-6-9-16(23)13-15/h6,8-9,13,19-20H,3-5,7,10-12H2,1-2H3/t19?,20-/m1/s1. The third kappa shape index (κ3) is 4.40. The minimum Gasteiger partial charge on any atom is -0.465 e. The zero-order valence-electron chi connectivity index (χ0n) is 16.0. The van der Waals surface area contributed by atoms with Gasteiger partial charge in [0.2, 0.25) is 0 Å². The molecule has 1 aliphatic carbocycles. The molecule has 2 atom stereocenters. The molecule has 1 heterocycles. The minimum atomic E-state index is -0.540. The van der Waals surface area contributed by atoms with Crippen LogP contribution in [0.3, 0.4) is 0 Å². The van der Waals surface area contributed by atoms with E-state index in [1.165, 1.54) is 0 Å². The highest BCUT2D eigenvalue weighted by molar-refractivity contribution is 9.10. The number of benzene rings is 1. The van der Waals surface area contributed by atoms with Gasteiger partial charge in [0, 0.05) is 33.8 Å². The van der Waals surface area contributed by atoms with Crippen molar-refractivity contribution >= 4 is 33.4 Å². The summed E-state index contributed by atoms with van der Waals surface area (Å²) in [6.07, 6.45) is 5.11. The first-order chi connectivity index (χ1) is 13.0. The largest absolute Gasteiger partial charge is 0.465 e. The van der Waals surface area contributed by atoms with Crippen molar-refractivity contribution in [2.75, 3.05) is 6.61 Å². The Morgan fingerprint density at radius 2 is 2.11 bits per heavy atom. The van der Waals surface area contributed by atoms with E-state index in [0.717, 1.165) is 53.5 Å². The van der Waals surface area contributed by atoms with E-state index < -0.39 is 5.92 Å². The van der Waals surface area contributed by atoms with Gasteiger partial charge < -0.3 is 4.74 Å². The van der Waals surface area contributed by atoms with Crippen LogP contribution in [0.5, 0.6) is 0 Å². The molecular formula is C22H26BrNO3.